The lowest BCUT2D eigenvalue weighted by atomic mass is 10.0. The van der Waals surface area contributed by atoms with Gasteiger partial charge in [-0.1, -0.05) is 43.7 Å². The van der Waals surface area contributed by atoms with Gasteiger partial charge in [-0.25, -0.2) is 0 Å². The van der Waals surface area contributed by atoms with E-state index in [9.17, 15) is 5.11 Å². The van der Waals surface area contributed by atoms with Crippen LogP contribution in [-0.2, 0) is 0 Å². The first kappa shape index (κ1) is 12.6. The molecular weight excluding hydrogens is 212 g/mol. The number of unbranched alkanes of at least 4 members (excludes halogenated alkanes) is 1. The van der Waals surface area contributed by atoms with E-state index in [4.69, 9.17) is 0 Å². The van der Waals surface area contributed by atoms with E-state index in [2.05, 4.69) is 29.3 Å². The Balaban J connectivity index is 2.13. The van der Waals surface area contributed by atoms with E-state index >= 15 is 0 Å². The van der Waals surface area contributed by atoms with E-state index < -0.39 is 6.23 Å². The van der Waals surface area contributed by atoms with Gasteiger partial charge >= 0.3 is 0 Å². The van der Waals surface area contributed by atoms with Crippen molar-refractivity contribution < 1.29 is 5.11 Å². The first-order valence-electron chi connectivity index (χ1n) is 6.53. The summed E-state index contributed by atoms with van der Waals surface area (Å²) in [6.45, 7) is 5.15. The van der Waals surface area contributed by atoms with Crippen LogP contribution in [0.2, 0.25) is 0 Å². The zero-order valence-corrected chi connectivity index (χ0v) is 10.5. The maximum atomic E-state index is 10.1. The van der Waals surface area contributed by atoms with Crippen LogP contribution in [0.3, 0.4) is 0 Å². The fourth-order valence-electron chi connectivity index (χ4n) is 2.46. The van der Waals surface area contributed by atoms with Crippen LogP contribution < -0.4 is 5.32 Å². The van der Waals surface area contributed by atoms with Crippen molar-refractivity contribution in [3.05, 3.63) is 35.9 Å². The second kappa shape index (κ2) is 6.15. The molecule has 3 heteroatoms. The van der Waals surface area contributed by atoms with Crippen LogP contribution in [0, 0.1) is 0 Å². The molecule has 1 fully saturated rings. The smallest absolute Gasteiger partial charge is 0.124 e. The minimum absolute atomic E-state index is 0.0940. The largest absolute Gasteiger partial charge is 0.377 e. The van der Waals surface area contributed by atoms with Gasteiger partial charge < -0.3 is 5.11 Å². The number of aliphatic hydroxyl groups excluding tert-OH is 1. The lowest BCUT2D eigenvalue weighted by molar-refractivity contribution is -0.00487. The number of aliphatic hydroxyl groups is 1. The van der Waals surface area contributed by atoms with E-state index in [0.717, 1.165) is 19.6 Å². The Morgan fingerprint density at radius 1 is 1.35 bits per heavy atom. The van der Waals surface area contributed by atoms with Crippen molar-refractivity contribution in [2.45, 2.75) is 32.0 Å². The number of benzene rings is 1. The molecule has 1 aliphatic heterocycles. The summed E-state index contributed by atoms with van der Waals surface area (Å²) in [5, 5.41) is 13.3. The maximum absolute atomic E-state index is 10.1. The molecule has 0 amide bonds. The number of rotatable bonds is 4. The SMILES string of the molecule is CCCCN1CCNC(O)C1c1ccccc1. The lowest BCUT2D eigenvalue weighted by Crippen LogP contribution is -2.52. The molecule has 1 saturated heterocycles. The zero-order chi connectivity index (χ0) is 12.1. The summed E-state index contributed by atoms with van der Waals surface area (Å²) in [4.78, 5) is 2.39. The first-order valence-corrected chi connectivity index (χ1v) is 6.53. The molecule has 1 aromatic rings. The highest BCUT2D eigenvalue weighted by molar-refractivity contribution is 5.20. The van der Waals surface area contributed by atoms with Crippen molar-refractivity contribution in [2.75, 3.05) is 19.6 Å². The molecule has 0 aliphatic carbocycles. The summed E-state index contributed by atoms with van der Waals surface area (Å²) in [6, 6.07) is 10.4. The number of hydrogen-bond acceptors (Lipinski definition) is 3. The average Bonchev–Trinajstić information content (AvgIpc) is 2.37. The van der Waals surface area contributed by atoms with Gasteiger partial charge in [0.25, 0.3) is 0 Å². The summed E-state index contributed by atoms with van der Waals surface area (Å²) in [5.74, 6) is 0. The van der Waals surface area contributed by atoms with Crippen molar-refractivity contribution in [1.29, 1.82) is 0 Å². The predicted molar refractivity (Wildman–Crippen MR) is 69.7 cm³/mol. The van der Waals surface area contributed by atoms with Gasteiger partial charge in [-0.3, -0.25) is 10.2 Å². The predicted octanol–water partition coefficient (Wildman–Crippen LogP) is 1.75. The molecule has 0 bridgehead atoms. The van der Waals surface area contributed by atoms with Crippen LogP contribution in [0.15, 0.2) is 30.3 Å². The monoisotopic (exact) mass is 234 g/mol. The normalized spacial score (nSPS) is 26.0. The van der Waals surface area contributed by atoms with Crippen LogP contribution >= 0.6 is 0 Å². The summed E-state index contributed by atoms with van der Waals surface area (Å²) < 4.78 is 0. The minimum Gasteiger partial charge on any atom is -0.377 e. The van der Waals surface area contributed by atoms with Gasteiger partial charge in [0.05, 0.1) is 6.04 Å². The van der Waals surface area contributed by atoms with Crippen LogP contribution in [-0.4, -0.2) is 35.9 Å². The molecule has 0 saturated carbocycles. The van der Waals surface area contributed by atoms with Crippen LogP contribution in [0.25, 0.3) is 0 Å². The van der Waals surface area contributed by atoms with Crippen molar-refractivity contribution in [3.63, 3.8) is 0 Å². The van der Waals surface area contributed by atoms with E-state index in [1.807, 2.05) is 18.2 Å². The Bertz CT molecular complexity index is 328. The molecule has 1 aliphatic rings. The standard InChI is InChI=1S/C14H22N2O/c1-2-3-10-16-11-9-15-14(17)13(16)12-7-5-4-6-8-12/h4-8,13-15,17H,2-3,9-11H2,1H3. The van der Waals surface area contributed by atoms with Gasteiger partial charge in [-0.2, -0.15) is 0 Å². The topological polar surface area (TPSA) is 35.5 Å². The van der Waals surface area contributed by atoms with E-state index in [1.165, 1.54) is 18.4 Å². The van der Waals surface area contributed by atoms with Gasteiger partial charge in [-0.05, 0) is 18.5 Å². The molecule has 94 valence electrons. The van der Waals surface area contributed by atoms with Crippen molar-refractivity contribution in [3.8, 4) is 0 Å². The molecule has 0 radical (unpaired) electrons. The molecule has 0 aromatic heterocycles. The van der Waals surface area contributed by atoms with E-state index in [-0.39, 0.29) is 6.04 Å². The molecule has 1 aromatic carbocycles. The molecule has 1 heterocycles. The second-order valence-corrected chi connectivity index (χ2v) is 4.64. The highest BCUT2D eigenvalue weighted by Gasteiger charge is 2.30. The van der Waals surface area contributed by atoms with Gasteiger partial charge in [0.15, 0.2) is 0 Å². The number of hydrogen-bond donors (Lipinski definition) is 2. The Morgan fingerprint density at radius 2 is 2.12 bits per heavy atom. The van der Waals surface area contributed by atoms with Crippen LogP contribution in [0.1, 0.15) is 31.4 Å². The molecule has 2 atom stereocenters. The van der Waals surface area contributed by atoms with Crippen LogP contribution in [0.4, 0.5) is 0 Å². The van der Waals surface area contributed by atoms with Gasteiger partial charge in [-0.15, -0.1) is 0 Å². The first-order chi connectivity index (χ1) is 8.33. The van der Waals surface area contributed by atoms with Gasteiger partial charge in [0.2, 0.25) is 0 Å². The fraction of sp³-hybridized carbons (Fsp3) is 0.571. The Morgan fingerprint density at radius 3 is 2.82 bits per heavy atom. The molecule has 2 rings (SSSR count). The lowest BCUT2D eigenvalue weighted by Gasteiger charge is -2.40. The van der Waals surface area contributed by atoms with Crippen molar-refractivity contribution >= 4 is 0 Å². The van der Waals surface area contributed by atoms with Gasteiger partial charge in [0, 0.05) is 13.1 Å². The quantitative estimate of drug-likeness (QED) is 0.833. The second-order valence-electron chi connectivity index (χ2n) is 4.64. The van der Waals surface area contributed by atoms with Crippen molar-refractivity contribution in [1.82, 2.24) is 10.2 Å². The van der Waals surface area contributed by atoms with Gasteiger partial charge in [0.1, 0.15) is 6.23 Å². The highest BCUT2D eigenvalue weighted by atomic mass is 16.3. The fourth-order valence-corrected chi connectivity index (χ4v) is 2.46. The zero-order valence-electron chi connectivity index (χ0n) is 10.5. The maximum Gasteiger partial charge on any atom is 0.124 e. The molecular formula is C14H22N2O. The number of nitrogens with zero attached hydrogens (tertiary/aromatic N) is 1. The summed E-state index contributed by atoms with van der Waals surface area (Å²) in [5.41, 5.74) is 1.20. The molecule has 17 heavy (non-hydrogen) atoms. The van der Waals surface area contributed by atoms with Crippen molar-refractivity contribution in [2.24, 2.45) is 0 Å². The molecule has 0 spiro atoms. The molecule has 2 N–H and O–H groups in total. The third-order valence-electron chi connectivity index (χ3n) is 3.38. The third kappa shape index (κ3) is 3.06. The Kier molecular flexibility index (Phi) is 4.54. The van der Waals surface area contributed by atoms with E-state index in [0.29, 0.717) is 0 Å². The van der Waals surface area contributed by atoms with Crippen LogP contribution in [0.5, 0.6) is 0 Å². The summed E-state index contributed by atoms with van der Waals surface area (Å²) >= 11 is 0. The van der Waals surface area contributed by atoms with E-state index in [1.54, 1.807) is 0 Å². The highest BCUT2D eigenvalue weighted by Crippen LogP contribution is 2.25. The Hall–Kier alpha value is -0.900. The average molecular weight is 234 g/mol. The third-order valence-corrected chi connectivity index (χ3v) is 3.38. The Labute approximate surface area is 103 Å². The minimum atomic E-state index is -0.456. The summed E-state index contributed by atoms with van der Waals surface area (Å²) in [7, 11) is 0. The molecule has 2 unspecified atom stereocenters. The molecule has 3 nitrogen and oxygen atoms in total. The number of nitrogens with one attached hydrogen (secondary N) is 1. The summed E-state index contributed by atoms with van der Waals surface area (Å²) in [6.07, 6.45) is 1.93. The number of piperazine rings is 1.